The third-order valence-electron chi connectivity index (χ3n) is 2.57. The molecule has 0 aromatic carbocycles. The van der Waals surface area contributed by atoms with Crippen molar-refractivity contribution in [1.29, 1.82) is 0 Å². The summed E-state index contributed by atoms with van der Waals surface area (Å²) in [5.41, 5.74) is -0.295. The molecule has 6 heteroatoms. The van der Waals surface area contributed by atoms with Gasteiger partial charge in [-0.05, 0) is 31.4 Å². The van der Waals surface area contributed by atoms with E-state index >= 15 is 0 Å². The van der Waals surface area contributed by atoms with Crippen LogP contribution in [0.15, 0.2) is 6.20 Å². The molecule has 88 valence electrons. The lowest BCUT2D eigenvalue weighted by Crippen LogP contribution is -2.43. The standard InChI is InChI=1S/C10H13ClFN3O/c1-10(3-2-4-16-6-10)15-8-7(12)5-13-9(11)14-8/h5H,2-4,6H2,1H3,(H,13,14,15). The van der Waals surface area contributed by atoms with Crippen LogP contribution in [0, 0.1) is 5.82 Å². The molecule has 1 N–H and O–H groups in total. The Bertz CT molecular complexity index is 382. The Morgan fingerprint density at radius 3 is 3.12 bits per heavy atom. The summed E-state index contributed by atoms with van der Waals surface area (Å²) in [6.45, 7) is 3.26. The number of anilines is 1. The molecule has 0 aliphatic carbocycles. The van der Waals surface area contributed by atoms with Crippen molar-refractivity contribution in [2.75, 3.05) is 18.5 Å². The number of hydrogen-bond acceptors (Lipinski definition) is 4. The number of nitrogens with zero attached hydrogens (tertiary/aromatic N) is 2. The zero-order valence-corrected chi connectivity index (χ0v) is 9.72. The number of ether oxygens (including phenoxy) is 1. The summed E-state index contributed by atoms with van der Waals surface area (Å²) < 4.78 is 18.8. The Morgan fingerprint density at radius 1 is 1.62 bits per heavy atom. The normalized spacial score (nSPS) is 25.4. The molecule has 1 aliphatic heterocycles. The average molecular weight is 246 g/mol. The van der Waals surface area contributed by atoms with Gasteiger partial charge in [0.05, 0.1) is 18.3 Å². The second-order valence-corrected chi connectivity index (χ2v) is 4.52. The Labute approximate surface area is 98.2 Å². The van der Waals surface area contributed by atoms with Gasteiger partial charge in [0.15, 0.2) is 11.6 Å². The van der Waals surface area contributed by atoms with Gasteiger partial charge in [0.25, 0.3) is 0 Å². The van der Waals surface area contributed by atoms with Crippen LogP contribution >= 0.6 is 11.6 Å². The van der Waals surface area contributed by atoms with E-state index in [1.54, 1.807) is 0 Å². The first-order chi connectivity index (χ1) is 7.59. The van der Waals surface area contributed by atoms with Crippen LogP contribution in [0.2, 0.25) is 5.28 Å². The summed E-state index contributed by atoms with van der Waals surface area (Å²) in [5.74, 6) is -0.371. The van der Waals surface area contributed by atoms with E-state index < -0.39 is 5.82 Å². The quantitative estimate of drug-likeness (QED) is 0.812. The summed E-state index contributed by atoms with van der Waals surface area (Å²) >= 11 is 5.62. The topological polar surface area (TPSA) is 47.0 Å². The van der Waals surface area contributed by atoms with Gasteiger partial charge in [-0.1, -0.05) is 0 Å². The predicted octanol–water partition coefficient (Wildman–Crippen LogP) is 2.25. The molecular formula is C10H13ClFN3O. The third kappa shape index (κ3) is 2.59. The minimum Gasteiger partial charge on any atom is -0.379 e. The molecule has 1 aliphatic rings. The number of nitrogens with one attached hydrogen (secondary N) is 1. The first kappa shape index (κ1) is 11.5. The molecule has 0 saturated carbocycles. The lowest BCUT2D eigenvalue weighted by atomic mass is 9.95. The zero-order valence-electron chi connectivity index (χ0n) is 8.96. The highest BCUT2D eigenvalue weighted by Crippen LogP contribution is 2.24. The average Bonchev–Trinajstić information content (AvgIpc) is 2.24. The fourth-order valence-electron chi connectivity index (χ4n) is 1.75. The first-order valence-corrected chi connectivity index (χ1v) is 5.51. The van der Waals surface area contributed by atoms with Gasteiger partial charge in [0, 0.05) is 6.61 Å². The smallest absolute Gasteiger partial charge is 0.224 e. The highest BCUT2D eigenvalue weighted by atomic mass is 35.5. The zero-order chi connectivity index (χ0) is 11.6. The van der Waals surface area contributed by atoms with Gasteiger partial charge in [-0.25, -0.2) is 9.37 Å². The molecule has 1 aromatic heterocycles. The van der Waals surface area contributed by atoms with E-state index in [1.165, 1.54) is 0 Å². The van der Waals surface area contributed by atoms with E-state index in [0.29, 0.717) is 6.61 Å². The lowest BCUT2D eigenvalue weighted by Gasteiger charge is -2.34. The summed E-state index contributed by atoms with van der Waals surface area (Å²) in [4.78, 5) is 7.39. The van der Waals surface area contributed by atoms with Crippen LogP contribution in [0.3, 0.4) is 0 Å². The van der Waals surface area contributed by atoms with E-state index in [9.17, 15) is 4.39 Å². The number of aromatic nitrogens is 2. The Morgan fingerprint density at radius 2 is 2.44 bits per heavy atom. The van der Waals surface area contributed by atoms with E-state index in [2.05, 4.69) is 15.3 Å². The second-order valence-electron chi connectivity index (χ2n) is 4.18. The van der Waals surface area contributed by atoms with E-state index in [1.807, 2.05) is 6.92 Å². The van der Waals surface area contributed by atoms with Crippen molar-refractivity contribution in [3.63, 3.8) is 0 Å². The number of halogens is 2. The molecule has 4 nitrogen and oxygen atoms in total. The number of rotatable bonds is 2. The van der Waals surface area contributed by atoms with Crippen LogP contribution in [0.25, 0.3) is 0 Å². The van der Waals surface area contributed by atoms with Gasteiger partial charge >= 0.3 is 0 Å². The highest BCUT2D eigenvalue weighted by molar-refractivity contribution is 6.28. The van der Waals surface area contributed by atoms with Crippen molar-refractivity contribution >= 4 is 17.4 Å². The van der Waals surface area contributed by atoms with Crippen molar-refractivity contribution in [3.8, 4) is 0 Å². The van der Waals surface area contributed by atoms with Crippen molar-refractivity contribution in [3.05, 3.63) is 17.3 Å². The molecule has 0 spiro atoms. The van der Waals surface area contributed by atoms with Gasteiger partial charge in [-0.3, -0.25) is 0 Å². The van der Waals surface area contributed by atoms with E-state index in [0.717, 1.165) is 25.6 Å². The van der Waals surface area contributed by atoms with Gasteiger partial charge in [0.1, 0.15) is 0 Å². The summed E-state index contributed by atoms with van der Waals surface area (Å²) in [6.07, 6.45) is 2.92. The number of hydrogen-bond donors (Lipinski definition) is 1. The first-order valence-electron chi connectivity index (χ1n) is 5.13. The lowest BCUT2D eigenvalue weighted by molar-refractivity contribution is 0.0537. The molecule has 2 heterocycles. The van der Waals surface area contributed by atoms with Crippen LogP contribution in [-0.4, -0.2) is 28.7 Å². The van der Waals surface area contributed by atoms with Crippen molar-refractivity contribution in [1.82, 2.24) is 9.97 Å². The van der Waals surface area contributed by atoms with Crippen molar-refractivity contribution in [2.24, 2.45) is 0 Å². The van der Waals surface area contributed by atoms with Gasteiger partial charge in [0.2, 0.25) is 5.28 Å². The molecule has 0 radical (unpaired) electrons. The van der Waals surface area contributed by atoms with Gasteiger partial charge in [-0.2, -0.15) is 4.98 Å². The van der Waals surface area contributed by atoms with E-state index in [-0.39, 0.29) is 16.6 Å². The van der Waals surface area contributed by atoms with Crippen molar-refractivity contribution in [2.45, 2.75) is 25.3 Å². The molecule has 1 atom stereocenters. The van der Waals surface area contributed by atoms with E-state index in [4.69, 9.17) is 16.3 Å². The molecular weight excluding hydrogens is 233 g/mol. The summed E-state index contributed by atoms with van der Waals surface area (Å²) in [6, 6.07) is 0. The summed E-state index contributed by atoms with van der Waals surface area (Å²) in [7, 11) is 0. The molecule has 1 aromatic rings. The summed E-state index contributed by atoms with van der Waals surface area (Å²) in [5, 5.41) is 3.06. The third-order valence-corrected chi connectivity index (χ3v) is 2.75. The molecule has 1 fully saturated rings. The predicted molar refractivity (Wildman–Crippen MR) is 59.1 cm³/mol. The minimum atomic E-state index is -0.504. The Kier molecular flexibility index (Phi) is 3.25. The molecule has 0 amide bonds. The molecule has 0 bridgehead atoms. The Balaban J connectivity index is 2.15. The monoisotopic (exact) mass is 245 g/mol. The van der Waals surface area contributed by atoms with Gasteiger partial charge < -0.3 is 10.1 Å². The molecule has 2 rings (SSSR count). The fourth-order valence-corrected chi connectivity index (χ4v) is 1.89. The van der Waals surface area contributed by atoms with Crippen LogP contribution in [-0.2, 0) is 4.74 Å². The van der Waals surface area contributed by atoms with Crippen LogP contribution in [0.5, 0.6) is 0 Å². The fraction of sp³-hybridized carbons (Fsp3) is 0.600. The maximum atomic E-state index is 13.4. The largest absolute Gasteiger partial charge is 0.379 e. The Hall–Kier alpha value is -0.940. The molecule has 1 unspecified atom stereocenters. The minimum absolute atomic E-state index is 0.0317. The SMILES string of the molecule is CC1(Nc2nc(Cl)ncc2F)CCCOC1. The van der Waals surface area contributed by atoms with Crippen molar-refractivity contribution < 1.29 is 9.13 Å². The van der Waals surface area contributed by atoms with Crippen LogP contribution in [0.4, 0.5) is 10.2 Å². The maximum absolute atomic E-state index is 13.4. The maximum Gasteiger partial charge on any atom is 0.224 e. The molecule has 16 heavy (non-hydrogen) atoms. The molecule has 1 saturated heterocycles. The van der Waals surface area contributed by atoms with Crippen LogP contribution in [0.1, 0.15) is 19.8 Å². The second kappa shape index (κ2) is 4.51. The van der Waals surface area contributed by atoms with Crippen LogP contribution < -0.4 is 5.32 Å². The van der Waals surface area contributed by atoms with Gasteiger partial charge in [-0.15, -0.1) is 0 Å². The highest BCUT2D eigenvalue weighted by Gasteiger charge is 2.28.